The molecule has 0 spiro atoms. The van der Waals surface area contributed by atoms with E-state index in [1.165, 1.54) is 0 Å². The average molecular weight is 370 g/mol. The molecule has 0 bridgehead atoms. The third kappa shape index (κ3) is 1.98. The van der Waals surface area contributed by atoms with E-state index in [1.54, 1.807) is 0 Å². The van der Waals surface area contributed by atoms with Crippen LogP contribution >= 0.6 is 38.5 Å². The molecule has 14 heavy (non-hydrogen) atoms. The van der Waals surface area contributed by atoms with Crippen molar-refractivity contribution in [2.75, 3.05) is 6.61 Å². The number of hydrogen-bond acceptors (Lipinski definition) is 3. The average Bonchev–Trinajstić information content (AvgIpc) is 2.55. The SMILES string of the molecule is CC1(C)COC(c2oc(I)cc2Br)=N1. The van der Waals surface area contributed by atoms with E-state index < -0.39 is 0 Å². The van der Waals surface area contributed by atoms with Gasteiger partial charge < -0.3 is 9.15 Å². The van der Waals surface area contributed by atoms with E-state index in [-0.39, 0.29) is 5.54 Å². The lowest BCUT2D eigenvalue weighted by atomic mass is 10.1. The Labute approximate surface area is 104 Å². The van der Waals surface area contributed by atoms with Crippen LogP contribution in [0.15, 0.2) is 19.9 Å². The Bertz CT molecular complexity index is 398. The standard InChI is InChI=1S/C9H9BrINO2/c1-9(2)4-13-8(12-9)7-5(10)3-6(11)14-7/h3H,4H2,1-2H3. The van der Waals surface area contributed by atoms with Crippen molar-refractivity contribution in [3.8, 4) is 0 Å². The summed E-state index contributed by atoms with van der Waals surface area (Å²) in [5, 5.41) is 0. The van der Waals surface area contributed by atoms with Crippen LogP contribution in [0.25, 0.3) is 0 Å². The van der Waals surface area contributed by atoms with E-state index in [0.29, 0.717) is 18.3 Å². The summed E-state index contributed by atoms with van der Waals surface area (Å²) in [5.41, 5.74) is -0.146. The fourth-order valence-electron chi connectivity index (χ4n) is 1.19. The van der Waals surface area contributed by atoms with Gasteiger partial charge in [-0.1, -0.05) is 0 Å². The van der Waals surface area contributed by atoms with Gasteiger partial charge in [-0.3, -0.25) is 0 Å². The number of nitrogens with zero attached hydrogens (tertiary/aromatic N) is 1. The van der Waals surface area contributed by atoms with Gasteiger partial charge in [0.1, 0.15) is 6.61 Å². The van der Waals surface area contributed by atoms with Crippen LogP contribution in [0, 0.1) is 3.77 Å². The maximum absolute atomic E-state index is 5.48. The molecule has 0 radical (unpaired) electrons. The molecule has 1 aliphatic rings. The predicted molar refractivity (Wildman–Crippen MR) is 65.7 cm³/mol. The van der Waals surface area contributed by atoms with E-state index in [4.69, 9.17) is 9.15 Å². The van der Waals surface area contributed by atoms with Crippen LogP contribution in [-0.2, 0) is 4.74 Å². The zero-order valence-electron chi connectivity index (χ0n) is 7.80. The molecule has 1 aromatic heterocycles. The number of aliphatic imine (C=N–C) groups is 1. The maximum Gasteiger partial charge on any atom is 0.255 e. The smallest absolute Gasteiger partial charge is 0.255 e. The van der Waals surface area contributed by atoms with E-state index in [1.807, 2.05) is 19.9 Å². The van der Waals surface area contributed by atoms with E-state index >= 15 is 0 Å². The Balaban J connectivity index is 2.38. The minimum absolute atomic E-state index is 0.146. The Hall–Kier alpha value is -0.0400. The van der Waals surface area contributed by atoms with Crippen molar-refractivity contribution in [2.45, 2.75) is 19.4 Å². The van der Waals surface area contributed by atoms with Crippen LogP contribution in [0.2, 0.25) is 0 Å². The van der Waals surface area contributed by atoms with Crippen molar-refractivity contribution in [3.63, 3.8) is 0 Å². The monoisotopic (exact) mass is 369 g/mol. The fourth-order valence-corrected chi connectivity index (χ4v) is 2.61. The molecule has 0 saturated heterocycles. The first kappa shape index (κ1) is 10.5. The topological polar surface area (TPSA) is 34.7 Å². The van der Waals surface area contributed by atoms with E-state index in [9.17, 15) is 0 Å². The number of hydrogen-bond donors (Lipinski definition) is 0. The summed E-state index contributed by atoms with van der Waals surface area (Å²) in [7, 11) is 0. The molecule has 2 heterocycles. The zero-order chi connectivity index (χ0) is 10.3. The van der Waals surface area contributed by atoms with E-state index in [0.717, 1.165) is 8.24 Å². The van der Waals surface area contributed by atoms with Crippen molar-refractivity contribution >= 4 is 44.4 Å². The summed E-state index contributed by atoms with van der Waals surface area (Å²) in [6.07, 6.45) is 0. The second kappa shape index (κ2) is 3.52. The molecule has 1 aromatic rings. The number of ether oxygens (including phenoxy) is 1. The molecule has 1 aliphatic heterocycles. The molecule has 3 nitrogen and oxygen atoms in total. The van der Waals surface area contributed by atoms with Crippen molar-refractivity contribution in [1.29, 1.82) is 0 Å². The highest BCUT2D eigenvalue weighted by atomic mass is 127. The van der Waals surface area contributed by atoms with Gasteiger partial charge >= 0.3 is 0 Å². The zero-order valence-corrected chi connectivity index (χ0v) is 11.5. The van der Waals surface area contributed by atoms with Crippen LogP contribution in [0.1, 0.15) is 19.6 Å². The first-order chi connectivity index (χ1) is 6.48. The minimum atomic E-state index is -0.146. The summed E-state index contributed by atoms with van der Waals surface area (Å²) >= 11 is 5.52. The van der Waals surface area contributed by atoms with Crippen molar-refractivity contribution in [2.24, 2.45) is 4.99 Å². The molecule has 0 saturated carbocycles. The van der Waals surface area contributed by atoms with Gasteiger partial charge in [0.2, 0.25) is 5.76 Å². The predicted octanol–water partition coefficient (Wildman–Crippen LogP) is 3.20. The molecule has 76 valence electrons. The van der Waals surface area contributed by atoms with E-state index in [2.05, 4.69) is 43.5 Å². The van der Waals surface area contributed by atoms with Crippen molar-refractivity contribution in [1.82, 2.24) is 0 Å². The van der Waals surface area contributed by atoms with Crippen molar-refractivity contribution < 1.29 is 9.15 Å². The summed E-state index contributed by atoms with van der Waals surface area (Å²) in [6, 6.07) is 1.90. The van der Waals surface area contributed by atoms with Gasteiger partial charge in [-0.05, 0) is 52.4 Å². The molecule has 0 fully saturated rings. The Morgan fingerprint density at radius 3 is 2.71 bits per heavy atom. The minimum Gasteiger partial charge on any atom is -0.473 e. The normalized spacial score (nSPS) is 19.3. The summed E-state index contributed by atoms with van der Waals surface area (Å²) in [5.74, 6) is 1.27. The Morgan fingerprint density at radius 2 is 2.29 bits per heavy atom. The second-order valence-electron chi connectivity index (χ2n) is 3.75. The lowest BCUT2D eigenvalue weighted by Gasteiger charge is -2.07. The first-order valence-corrected chi connectivity index (χ1v) is 6.03. The molecule has 5 heteroatoms. The largest absolute Gasteiger partial charge is 0.473 e. The highest BCUT2D eigenvalue weighted by Gasteiger charge is 2.30. The first-order valence-electron chi connectivity index (χ1n) is 4.16. The second-order valence-corrected chi connectivity index (χ2v) is 5.66. The van der Waals surface area contributed by atoms with Gasteiger partial charge in [0.15, 0.2) is 3.77 Å². The van der Waals surface area contributed by atoms with Gasteiger partial charge in [0, 0.05) is 6.07 Å². The number of rotatable bonds is 1. The molecular formula is C9H9BrINO2. The van der Waals surface area contributed by atoms with Crippen LogP contribution in [0.5, 0.6) is 0 Å². The van der Waals surface area contributed by atoms with Gasteiger partial charge in [-0.25, -0.2) is 4.99 Å². The quantitative estimate of drug-likeness (QED) is 0.712. The van der Waals surface area contributed by atoms with Crippen LogP contribution in [0.3, 0.4) is 0 Å². The van der Waals surface area contributed by atoms with Gasteiger partial charge in [0.05, 0.1) is 10.0 Å². The highest BCUT2D eigenvalue weighted by Crippen LogP contribution is 2.28. The lowest BCUT2D eigenvalue weighted by Crippen LogP contribution is -2.17. The van der Waals surface area contributed by atoms with Gasteiger partial charge in [0.25, 0.3) is 5.90 Å². The number of furan rings is 1. The molecule has 2 rings (SSSR count). The third-order valence-electron chi connectivity index (χ3n) is 1.82. The van der Waals surface area contributed by atoms with Crippen LogP contribution in [0.4, 0.5) is 0 Å². The fraction of sp³-hybridized carbons (Fsp3) is 0.444. The van der Waals surface area contributed by atoms with Crippen molar-refractivity contribution in [3.05, 3.63) is 20.1 Å². The summed E-state index contributed by atoms with van der Waals surface area (Å²) in [6.45, 7) is 4.66. The maximum atomic E-state index is 5.48. The molecule has 0 amide bonds. The van der Waals surface area contributed by atoms with Gasteiger partial charge in [-0.2, -0.15) is 0 Å². The van der Waals surface area contributed by atoms with Gasteiger partial charge in [-0.15, -0.1) is 0 Å². The van der Waals surface area contributed by atoms with Crippen LogP contribution < -0.4 is 0 Å². The lowest BCUT2D eigenvalue weighted by molar-refractivity contribution is 0.275. The molecule has 0 N–H and O–H groups in total. The molecule has 0 atom stereocenters. The third-order valence-corrected chi connectivity index (χ3v) is 2.94. The van der Waals surface area contributed by atoms with Crippen LogP contribution in [-0.4, -0.2) is 18.0 Å². The molecule has 0 aromatic carbocycles. The summed E-state index contributed by atoms with van der Waals surface area (Å²) in [4.78, 5) is 4.43. The molecule has 0 aliphatic carbocycles. The summed E-state index contributed by atoms with van der Waals surface area (Å²) < 4.78 is 12.7. The number of halogens is 2. The molecular weight excluding hydrogens is 361 g/mol. The Kier molecular flexibility index (Phi) is 2.63. The molecule has 0 unspecified atom stereocenters. The Morgan fingerprint density at radius 1 is 1.57 bits per heavy atom. The highest BCUT2D eigenvalue weighted by molar-refractivity contribution is 14.1.